The summed E-state index contributed by atoms with van der Waals surface area (Å²) in [5.74, 6) is 0. The Bertz CT molecular complexity index is 912. The van der Waals surface area contributed by atoms with E-state index in [2.05, 4.69) is 15.9 Å². The quantitative estimate of drug-likeness (QED) is 0.677. The van der Waals surface area contributed by atoms with Crippen molar-refractivity contribution in [2.24, 2.45) is 0 Å². The maximum absolute atomic E-state index is 12.6. The molecular weight excluding hydrogens is 362 g/mol. The van der Waals surface area contributed by atoms with Gasteiger partial charge in [0.25, 0.3) is 10.0 Å². The van der Waals surface area contributed by atoms with Gasteiger partial charge in [-0.25, -0.2) is 12.4 Å². The third kappa shape index (κ3) is 2.74. The van der Waals surface area contributed by atoms with Crippen LogP contribution in [0.15, 0.2) is 76.4 Å². The van der Waals surface area contributed by atoms with Gasteiger partial charge in [0, 0.05) is 22.4 Å². The van der Waals surface area contributed by atoms with Gasteiger partial charge >= 0.3 is 0 Å². The molecule has 22 heavy (non-hydrogen) atoms. The van der Waals surface area contributed by atoms with Gasteiger partial charge in [-0.1, -0.05) is 51.8 Å². The van der Waals surface area contributed by atoms with Crippen LogP contribution in [0.25, 0.3) is 11.1 Å². The van der Waals surface area contributed by atoms with Crippen LogP contribution in [0.4, 0.5) is 0 Å². The summed E-state index contributed by atoms with van der Waals surface area (Å²) in [4.78, 5) is 0.285. The molecule has 1 heterocycles. The van der Waals surface area contributed by atoms with Gasteiger partial charge in [0.05, 0.1) is 4.90 Å². The van der Waals surface area contributed by atoms with Crippen molar-refractivity contribution in [1.82, 2.24) is 3.97 Å². The van der Waals surface area contributed by atoms with Crippen LogP contribution in [-0.2, 0) is 10.0 Å². The summed E-state index contributed by atoms with van der Waals surface area (Å²) in [7, 11) is -3.55. The lowest BCUT2D eigenvalue weighted by Crippen LogP contribution is -2.10. The van der Waals surface area contributed by atoms with Crippen LogP contribution in [0.1, 0.15) is 5.56 Å². The number of hydrogen-bond acceptors (Lipinski definition) is 2. The van der Waals surface area contributed by atoms with E-state index in [-0.39, 0.29) is 4.90 Å². The summed E-state index contributed by atoms with van der Waals surface area (Å²) in [6.07, 6.45) is 3.21. The molecule has 0 aliphatic carbocycles. The summed E-state index contributed by atoms with van der Waals surface area (Å²) in [5.41, 5.74) is 2.84. The van der Waals surface area contributed by atoms with Crippen LogP contribution in [-0.4, -0.2) is 12.4 Å². The summed E-state index contributed by atoms with van der Waals surface area (Å²) in [6.45, 7) is 1.93. The molecule has 0 bridgehead atoms. The highest BCUT2D eigenvalue weighted by Crippen LogP contribution is 2.29. The molecular formula is C17H14BrNO2S. The van der Waals surface area contributed by atoms with Crippen LogP contribution in [0.2, 0.25) is 0 Å². The Labute approximate surface area is 138 Å². The average Bonchev–Trinajstić information content (AvgIpc) is 2.98. The molecule has 0 radical (unpaired) electrons. The molecule has 0 aliphatic rings. The lowest BCUT2D eigenvalue weighted by Gasteiger charge is -2.06. The summed E-state index contributed by atoms with van der Waals surface area (Å²) in [6, 6.07) is 16.4. The number of benzene rings is 2. The van der Waals surface area contributed by atoms with E-state index in [0.29, 0.717) is 0 Å². The predicted octanol–water partition coefficient (Wildman–Crippen LogP) is 4.46. The molecule has 0 amide bonds. The Hall–Kier alpha value is -1.85. The molecule has 0 saturated carbocycles. The summed E-state index contributed by atoms with van der Waals surface area (Å²) >= 11 is 3.49. The van der Waals surface area contributed by atoms with E-state index in [9.17, 15) is 8.42 Å². The molecule has 0 fully saturated rings. The van der Waals surface area contributed by atoms with Gasteiger partial charge in [-0.05, 0) is 36.8 Å². The zero-order valence-corrected chi connectivity index (χ0v) is 14.3. The molecule has 3 rings (SSSR count). The molecule has 0 unspecified atom stereocenters. The van der Waals surface area contributed by atoms with Gasteiger partial charge in [0.1, 0.15) is 0 Å². The second-order valence-electron chi connectivity index (χ2n) is 5.03. The van der Waals surface area contributed by atoms with Crippen molar-refractivity contribution in [3.63, 3.8) is 0 Å². The van der Waals surface area contributed by atoms with E-state index >= 15 is 0 Å². The molecule has 3 aromatic rings. The minimum absolute atomic E-state index is 0.285. The maximum atomic E-state index is 12.6. The van der Waals surface area contributed by atoms with Crippen LogP contribution in [0, 0.1) is 6.92 Å². The average molecular weight is 376 g/mol. The Morgan fingerprint density at radius 3 is 2.32 bits per heavy atom. The molecule has 0 spiro atoms. The molecule has 5 heteroatoms. The Morgan fingerprint density at radius 1 is 0.955 bits per heavy atom. The zero-order chi connectivity index (χ0) is 15.7. The Kier molecular flexibility index (Phi) is 3.93. The van der Waals surface area contributed by atoms with Gasteiger partial charge < -0.3 is 0 Å². The van der Waals surface area contributed by atoms with E-state index in [0.717, 1.165) is 21.2 Å². The van der Waals surface area contributed by atoms with Gasteiger partial charge in [0.2, 0.25) is 0 Å². The van der Waals surface area contributed by atoms with E-state index in [1.807, 2.05) is 31.2 Å². The summed E-state index contributed by atoms with van der Waals surface area (Å²) < 4.78 is 27.4. The van der Waals surface area contributed by atoms with Gasteiger partial charge in [-0.2, -0.15) is 0 Å². The second kappa shape index (κ2) is 5.74. The third-order valence-electron chi connectivity index (χ3n) is 3.45. The first kappa shape index (κ1) is 15.1. The van der Waals surface area contributed by atoms with E-state index in [4.69, 9.17) is 0 Å². The molecule has 0 N–H and O–H groups in total. The number of nitrogens with zero attached hydrogens (tertiary/aromatic N) is 1. The van der Waals surface area contributed by atoms with Crippen LogP contribution in [0.3, 0.4) is 0 Å². The highest BCUT2D eigenvalue weighted by Gasteiger charge is 2.17. The van der Waals surface area contributed by atoms with Crippen molar-refractivity contribution in [2.75, 3.05) is 0 Å². The number of hydrogen-bond donors (Lipinski definition) is 0. The normalized spacial score (nSPS) is 11.5. The minimum Gasteiger partial charge on any atom is -0.248 e. The molecule has 0 aliphatic heterocycles. The first-order valence-electron chi connectivity index (χ1n) is 6.73. The topological polar surface area (TPSA) is 39.1 Å². The van der Waals surface area contributed by atoms with Crippen LogP contribution in [0.5, 0.6) is 0 Å². The van der Waals surface area contributed by atoms with Crippen molar-refractivity contribution in [1.29, 1.82) is 0 Å². The van der Waals surface area contributed by atoms with Crippen LogP contribution >= 0.6 is 15.9 Å². The third-order valence-corrected chi connectivity index (χ3v) is 5.79. The number of aryl methyl sites for hydroxylation is 1. The monoisotopic (exact) mass is 375 g/mol. The molecule has 0 atom stereocenters. The van der Waals surface area contributed by atoms with Gasteiger partial charge in [-0.15, -0.1) is 0 Å². The lowest BCUT2D eigenvalue weighted by atomic mass is 10.1. The predicted molar refractivity (Wildman–Crippen MR) is 91.3 cm³/mol. The Balaban J connectivity index is 2.03. The zero-order valence-electron chi connectivity index (χ0n) is 11.9. The highest BCUT2D eigenvalue weighted by atomic mass is 79.9. The smallest absolute Gasteiger partial charge is 0.248 e. The molecule has 1 aromatic heterocycles. The fraction of sp³-hybridized carbons (Fsp3) is 0.0588. The van der Waals surface area contributed by atoms with Crippen molar-refractivity contribution in [3.05, 3.63) is 77.0 Å². The van der Waals surface area contributed by atoms with E-state index in [1.54, 1.807) is 42.7 Å². The minimum atomic E-state index is -3.55. The van der Waals surface area contributed by atoms with Gasteiger partial charge in [-0.3, -0.25) is 0 Å². The van der Waals surface area contributed by atoms with Crippen molar-refractivity contribution in [2.45, 2.75) is 11.8 Å². The fourth-order valence-corrected chi connectivity index (χ4v) is 3.92. The molecule has 112 valence electrons. The van der Waals surface area contributed by atoms with E-state index in [1.165, 1.54) is 3.97 Å². The second-order valence-corrected chi connectivity index (χ2v) is 7.73. The largest absolute Gasteiger partial charge is 0.267 e. The van der Waals surface area contributed by atoms with Crippen molar-refractivity contribution in [3.8, 4) is 11.1 Å². The fourth-order valence-electron chi connectivity index (χ4n) is 2.21. The van der Waals surface area contributed by atoms with E-state index < -0.39 is 10.0 Å². The molecule has 2 aromatic carbocycles. The lowest BCUT2D eigenvalue weighted by molar-refractivity contribution is 0.587. The van der Waals surface area contributed by atoms with Crippen molar-refractivity contribution < 1.29 is 8.42 Å². The first-order valence-corrected chi connectivity index (χ1v) is 8.97. The molecule has 3 nitrogen and oxygen atoms in total. The van der Waals surface area contributed by atoms with Gasteiger partial charge in [0.15, 0.2) is 0 Å². The molecule has 0 saturated heterocycles. The maximum Gasteiger partial charge on any atom is 0.267 e. The first-order chi connectivity index (χ1) is 10.5. The standard InChI is InChI=1S/C17H14BrNO2S/c1-13-6-8-15(9-7-13)22(20,21)19-11-10-14(12-19)16-4-2-3-5-17(16)18/h2-12H,1H3. The number of aromatic nitrogens is 1. The highest BCUT2D eigenvalue weighted by molar-refractivity contribution is 9.10. The summed E-state index contributed by atoms with van der Waals surface area (Å²) in [5, 5.41) is 0. The number of rotatable bonds is 3. The van der Waals surface area contributed by atoms with Crippen LogP contribution < -0.4 is 0 Å². The Morgan fingerprint density at radius 2 is 1.64 bits per heavy atom. The SMILES string of the molecule is Cc1ccc(S(=O)(=O)n2ccc(-c3ccccc3Br)c2)cc1. The number of halogens is 1. The van der Waals surface area contributed by atoms with Crippen molar-refractivity contribution >= 4 is 26.0 Å².